The number of nitrogens with zero attached hydrogens (tertiary/aromatic N) is 3. The predicted molar refractivity (Wildman–Crippen MR) is 81.2 cm³/mol. The van der Waals surface area contributed by atoms with Crippen LogP contribution in [0.15, 0.2) is 6.07 Å². The van der Waals surface area contributed by atoms with E-state index in [1.807, 2.05) is 26.8 Å². The number of hydrogen-bond donors (Lipinski definition) is 1. The van der Waals surface area contributed by atoms with E-state index in [1.165, 1.54) is 19.3 Å². The number of aromatic nitrogens is 2. The maximum atomic E-state index is 5.72. The molecule has 0 unspecified atom stereocenters. The average molecular weight is 278 g/mol. The van der Waals surface area contributed by atoms with Crippen LogP contribution in [0.4, 0.5) is 5.95 Å². The van der Waals surface area contributed by atoms with Crippen molar-refractivity contribution < 1.29 is 4.74 Å². The van der Waals surface area contributed by atoms with Gasteiger partial charge in [-0.25, -0.2) is 4.98 Å². The fraction of sp³-hybridized carbons (Fsp3) is 0.733. The molecule has 5 heteroatoms. The Labute approximate surface area is 121 Å². The minimum absolute atomic E-state index is 0.123. The lowest BCUT2D eigenvalue weighted by atomic mass is 9.91. The van der Waals surface area contributed by atoms with Crippen LogP contribution >= 0.6 is 0 Å². The van der Waals surface area contributed by atoms with Gasteiger partial charge in [0.15, 0.2) is 0 Å². The van der Waals surface area contributed by atoms with E-state index in [9.17, 15) is 0 Å². The second kappa shape index (κ2) is 6.88. The highest BCUT2D eigenvalue weighted by Crippen LogP contribution is 2.29. The van der Waals surface area contributed by atoms with E-state index in [0.717, 1.165) is 24.6 Å². The highest BCUT2D eigenvalue weighted by atomic mass is 16.5. The van der Waals surface area contributed by atoms with Crippen LogP contribution in [0.3, 0.4) is 0 Å². The van der Waals surface area contributed by atoms with E-state index >= 15 is 0 Å². The summed E-state index contributed by atoms with van der Waals surface area (Å²) in [4.78, 5) is 11.5. The molecule has 112 valence electrons. The topological polar surface area (TPSA) is 64.3 Å². The fourth-order valence-corrected chi connectivity index (χ4v) is 2.36. The van der Waals surface area contributed by atoms with Gasteiger partial charge in [-0.2, -0.15) is 4.98 Å². The van der Waals surface area contributed by atoms with Crippen molar-refractivity contribution in [1.29, 1.82) is 0 Å². The molecule has 1 saturated carbocycles. The van der Waals surface area contributed by atoms with Gasteiger partial charge in [0.1, 0.15) is 0 Å². The van der Waals surface area contributed by atoms with Crippen molar-refractivity contribution >= 4 is 5.95 Å². The van der Waals surface area contributed by atoms with Crippen molar-refractivity contribution in [2.45, 2.75) is 58.6 Å². The number of anilines is 1. The molecule has 5 nitrogen and oxygen atoms in total. The van der Waals surface area contributed by atoms with E-state index in [-0.39, 0.29) is 6.10 Å². The summed E-state index contributed by atoms with van der Waals surface area (Å²) in [6, 6.07) is 2.46. The molecule has 0 saturated heterocycles. The first-order valence-electron chi connectivity index (χ1n) is 7.59. The normalized spacial score (nSPS) is 15.2. The zero-order chi connectivity index (χ0) is 14.5. The number of aryl methyl sites for hydroxylation is 1. The van der Waals surface area contributed by atoms with E-state index in [0.29, 0.717) is 18.5 Å². The molecular formula is C15H26N4O. The molecule has 1 aliphatic carbocycles. The van der Waals surface area contributed by atoms with Gasteiger partial charge >= 0.3 is 0 Å². The van der Waals surface area contributed by atoms with Crippen molar-refractivity contribution in [3.05, 3.63) is 11.8 Å². The Morgan fingerprint density at radius 1 is 1.40 bits per heavy atom. The second-order valence-electron chi connectivity index (χ2n) is 5.73. The van der Waals surface area contributed by atoms with Crippen molar-refractivity contribution in [3.63, 3.8) is 0 Å². The highest BCUT2D eigenvalue weighted by Gasteiger charge is 2.27. The van der Waals surface area contributed by atoms with Gasteiger partial charge in [-0.05, 0) is 53.0 Å². The zero-order valence-electron chi connectivity index (χ0n) is 12.8. The largest absolute Gasteiger partial charge is 0.475 e. The summed E-state index contributed by atoms with van der Waals surface area (Å²) in [5.74, 6) is 1.46. The van der Waals surface area contributed by atoms with E-state index in [1.54, 1.807) is 0 Å². The van der Waals surface area contributed by atoms with Gasteiger partial charge in [0.25, 0.3) is 0 Å². The predicted octanol–water partition coefficient (Wildman–Crippen LogP) is 2.28. The Kier molecular flexibility index (Phi) is 5.17. The number of ether oxygens (including phenoxy) is 1. The molecule has 1 aromatic rings. The molecule has 0 amide bonds. The van der Waals surface area contributed by atoms with Gasteiger partial charge in [-0.3, -0.25) is 0 Å². The summed E-state index contributed by atoms with van der Waals surface area (Å²) in [5.41, 5.74) is 6.59. The molecule has 0 aliphatic heterocycles. The molecule has 1 aromatic heterocycles. The van der Waals surface area contributed by atoms with Crippen LogP contribution in [-0.2, 0) is 0 Å². The molecule has 1 aliphatic rings. The van der Waals surface area contributed by atoms with Gasteiger partial charge in [0.05, 0.1) is 6.10 Å². The van der Waals surface area contributed by atoms with Gasteiger partial charge in [-0.15, -0.1) is 0 Å². The molecule has 20 heavy (non-hydrogen) atoms. The third kappa shape index (κ3) is 3.82. The monoisotopic (exact) mass is 278 g/mol. The number of rotatable bonds is 7. The van der Waals surface area contributed by atoms with Crippen LogP contribution in [-0.4, -0.2) is 35.2 Å². The molecule has 0 radical (unpaired) electrons. The lowest BCUT2D eigenvalue weighted by molar-refractivity contribution is 0.231. The molecule has 0 atom stereocenters. The first kappa shape index (κ1) is 15.0. The quantitative estimate of drug-likeness (QED) is 0.829. The molecule has 2 rings (SSSR count). The zero-order valence-corrected chi connectivity index (χ0v) is 12.8. The Morgan fingerprint density at radius 2 is 2.15 bits per heavy atom. The average Bonchev–Trinajstić information content (AvgIpc) is 2.30. The maximum absolute atomic E-state index is 5.72. The number of hydrogen-bond acceptors (Lipinski definition) is 5. The Morgan fingerprint density at radius 3 is 2.70 bits per heavy atom. The lowest BCUT2D eigenvalue weighted by Crippen LogP contribution is -2.42. The summed E-state index contributed by atoms with van der Waals surface area (Å²) in [5, 5.41) is 0. The summed E-state index contributed by atoms with van der Waals surface area (Å²) in [7, 11) is 0. The Bertz CT molecular complexity index is 432. The summed E-state index contributed by atoms with van der Waals surface area (Å²) in [6.07, 6.45) is 4.84. The second-order valence-corrected chi connectivity index (χ2v) is 5.73. The van der Waals surface area contributed by atoms with Crippen LogP contribution in [0, 0.1) is 6.92 Å². The standard InChI is InChI=1S/C15H26N4O/c1-11(2)20-14-10-12(3)17-15(18-14)19(9-5-8-16)13-6-4-7-13/h10-11,13H,4-9,16H2,1-3H3. The molecule has 1 heterocycles. The van der Waals surface area contributed by atoms with Crippen LogP contribution in [0.25, 0.3) is 0 Å². The minimum Gasteiger partial charge on any atom is -0.475 e. The first-order valence-corrected chi connectivity index (χ1v) is 7.59. The summed E-state index contributed by atoms with van der Waals surface area (Å²) >= 11 is 0. The number of nitrogens with two attached hydrogens (primary N) is 1. The van der Waals surface area contributed by atoms with Gasteiger partial charge in [0.2, 0.25) is 11.8 Å². The van der Waals surface area contributed by atoms with Crippen LogP contribution < -0.4 is 15.4 Å². The third-order valence-electron chi connectivity index (χ3n) is 3.55. The molecule has 0 aromatic carbocycles. The molecule has 0 bridgehead atoms. The van der Waals surface area contributed by atoms with Gasteiger partial charge in [-0.1, -0.05) is 0 Å². The van der Waals surface area contributed by atoms with Crippen LogP contribution in [0.5, 0.6) is 5.88 Å². The van der Waals surface area contributed by atoms with Crippen LogP contribution in [0.1, 0.15) is 45.2 Å². The summed E-state index contributed by atoms with van der Waals surface area (Å²) in [6.45, 7) is 7.63. The minimum atomic E-state index is 0.123. The van der Waals surface area contributed by atoms with Crippen molar-refractivity contribution in [1.82, 2.24) is 9.97 Å². The first-order chi connectivity index (χ1) is 9.60. The van der Waals surface area contributed by atoms with Crippen molar-refractivity contribution in [2.75, 3.05) is 18.0 Å². The molecule has 0 spiro atoms. The van der Waals surface area contributed by atoms with Gasteiger partial charge < -0.3 is 15.4 Å². The van der Waals surface area contributed by atoms with E-state index in [4.69, 9.17) is 10.5 Å². The SMILES string of the molecule is Cc1cc(OC(C)C)nc(N(CCCN)C2CCC2)n1. The van der Waals surface area contributed by atoms with E-state index in [2.05, 4.69) is 14.9 Å². The van der Waals surface area contributed by atoms with E-state index < -0.39 is 0 Å². The molecular weight excluding hydrogens is 252 g/mol. The van der Waals surface area contributed by atoms with Crippen molar-refractivity contribution in [2.24, 2.45) is 5.73 Å². The summed E-state index contributed by atoms with van der Waals surface area (Å²) < 4.78 is 5.72. The lowest BCUT2D eigenvalue weighted by Gasteiger charge is -2.37. The Hall–Kier alpha value is -1.36. The Balaban J connectivity index is 2.19. The van der Waals surface area contributed by atoms with Crippen molar-refractivity contribution in [3.8, 4) is 5.88 Å². The highest BCUT2D eigenvalue weighted by molar-refractivity contribution is 5.36. The molecule has 1 fully saturated rings. The molecule has 2 N–H and O–H groups in total. The smallest absolute Gasteiger partial charge is 0.229 e. The van der Waals surface area contributed by atoms with Gasteiger partial charge in [0, 0.05) is 24.3 Å². The van der Waals surface area contributed by atoms with Crippen LogP contribution in [0.2, 0.25) is 0 Å². The fourth-order valence-electron chi connectivity index (χ4n) is 2.36. The third-order valence-corrected chi connectivity index (χ3v) is 3.55. The maximum Gasteiger partial charge on any atom is 0.229 e.